The molecule has 0 radical (unpaired) electrons. The molecule has 1 aromatic carbocycles. The lowest BCUT2D eigenvalue weighted by Crippen LogP contribution is -2.56. The Balaban J connectivity index is 1.53. The Bertz CT molecular complexity index is 592. The summed E-state index contributed by atoms with van der Waals surface area (Å²) in [6.07, 6.45) is 1.75. The van der Waals surface area contributed by atoms with Crippen LogP contribution in [0.25, 0.3) is 0 Å². The summed E-state index contributed by atoms with van der Waals surface area (Å²) >= 11 is 1.46. The van der Waals surface area contributed by atoms with Gasteiger partial charge in [0.1, 0.15) is 11.9 Å². The average molecular weight is 304 g/mol. The Morgan fingerprint density at radius 2 is 2.14 bits per heavy atom. The summed E-state index contributed by atoms with van der Waals surface area (Å²) in [6, 6.07) is 7.23. The smallest absolute Gasteiger partial charge is 0.273 e. The zero-order valence-corrected chi connectivity index (χ0v) is 12.5. The lowest BCUT2D eigenvalue weighted by atomic mass is 10.1. The summed E-state index contributed by atoms with van der Waals surface area (Å²) in [5.41, 5.74) is 0.672. The van der Waals surface area contributed by atoms with Crippen molar-refractivity contribution < 1.29 is 14.3 Å². The number of aromatic nitrogens is 1. The predicted molar refractivity (Wildman–Crippen MR) is 80.0 cm³/mol. The molecule has 5 nitrogen and oxygen atoms in total. The molecule has 0 aliphatic carbocycles. The third-order valence-electron chi connectivity index (χ3n) is 3.22. The molecular formula is C15H16N2O3S. The maximum absolute atomic E-state index is 12.3. The molecular weight excluding hydrogens is 288 g/mol. The third-order valence-corrected chi connectivity index (χ3v) is 3.89. The first kappa shape index (κ1) is 13.9. The van der Waals surface area contributed by atoms with Crippen LogP contribution in [0.15, 0.2) is 35.8 Å². The van der Waals surface area contributed by atoms with Crippen LogP contribution in [-0.2, 0) is 0 Å². The molecule has 2 aromatic rings. The molecule has 0 atom stereocenters. The summed E-state index contributed by atoms with van der Waals surface area (Å²) in [5, 5.41) is 2.53. The minimum atomic E-state index is 0.0250. The molecule has 0 bridgehead atoms. The zero-order chi connectivity index (χ0) is 14.7. The predicted octanol–water partition coefficient (Wildman–Crippen LogP) is 2.45. The second-order valence-corrected chi connectivity index (χ2v) is 5.56. The summed E-state index contributed by atoms with van der Waals surface area (Å²) in [6.45, 7) is 3.76. The van der Waals surface area contributed by atoms with E-state index in [9.17, 15) is 4.79 Å². The summed E-state index contributed by atoms with van der Waals surface area (Å²) in [5.74, 6) is 0.805. The van der Waals surface area contributed by atoms with Crippen molar-refractivity contribution in [2.24, 2.45) is 0 Å². The topological polar surface area (TPSA) is 51.7 Å². The van der Waals surface area contributed by atoms with Crippen LogP contribution >= 0.6 is 11.3 Å². The van der Waals surface area contributed by atoms with Crippen LogP contribution in [-0.4, -0.2) is 41.6 Å². The normalized spacial score (nSPS) is 14.6. The molecule has 1 amide bonds. The number of benzene rings is 1. The molecule has 1 fully saturated rings. The molecule has 0 N–H and O–H groups in total. The second kappa shape index (κ2) is 6.13. The lowest BCUT2D eigenvalue weighted by Gasteiger charge is -2.38. The molecule has 6 heteroatoms. The fourth-order valence-electron chi connectivity index (χ4n) is 2.13. The quantitative estimate of drug-likeness (QED) is 0.851. The third kappa shape index (κ3) is 3.16. The van der Waals surface area contributed by atoms with E-state index in [0.717, 1.165) is 5.75 Å². The van der Waals surface area contributed by atoms with Crippen LogP contribution in [0, 0.1) is 0 Å². The van der Waals surface area contributed by atoms with Gasteiger partial charge in [0.25, 0.3) is 11.1 Å². The number of likely N-dealkylation sites (tertiary alicyclic amines) is 1. The average Bonchev–Trinajstić information content (AvgIpc) is 2.96. The van der Waals surface area contributed by atoms with Crippen molar-refractivity contribution in [3.05, 3.63) is 41.4 Å². The van der Waals surface area contributed by atoms with E-state index in [-0.39, 0.29) is 12.0 Å². The highest BCUT2D eigenvalue weighted by atomic mass is 32.1. The van der Waals surface area contributed by atoms with Crippen molar-refractivity contribution in [1.82, 2.24) is 9.88 Å². The number of carbonyl (C=O) groups is 1. The molecule has 1 saturated heterocycles. The SMILES string of the molecule is CCOc1ccc(C(=O)N2CC(Oc3nccs3)C2)cc1. The van der Waals surface area contributed by atoms with Gasteiger partial charge >= 0.3 is 0 Å². The van der Waals surface area contributed by atoms with Gasteiger partial charge in [-0.05, 0) is 31.2 Å². The number of nitrogens with zero attached hydrogens (tertiary/aromatic N) is 2. The van der Waals surface area contributed by atoms with Gasteiger partial charge in [0.15, 0.2) is 0 Å². The largest absolute Gasteiger partial charge is 0.494 e. The minimum Gasteiger partial charge on any atom is -0.494 e. The van der Waals surface area contributed by atoms with Crippen LogP contribution in [0.4, 0.5) is 0 Å². The van der Waals surface area contributed by atoms with E-state index < -0.39 is 0 Å². The first-order valence-corrected chi connectivity index (χ1v) is 7.72. The molecule has 21 heavy (non-hydrogen) atoms. The van der Waals surface area contributed by atoms with Crippen LogP contribution in [0.2, 0.25) is 0 Å². The minimum absolute atomic E-state index is 0.0250. The van der Waals surface area contributed by atoms with Crippen molar-refractivity contribution in [3.63, 3.8) is 0 Å². The van der Waals surface area contributed by atoms with Crippen LogP contribution in [0.3, 0.4) is 0 Å². The Kier molecular flexibility index (Phi) is 4.06. The van der Waals surface area contributed by atoms with Gasteiger partial charge in [0, 0.05) is 17.1 Å². The van der Waals surface area contributed by atoms with Crippen molar-refractivity contribution >= 4 is 17.2 Å². The molecule has 0 spiro atoms. The van der Waals surface area contributed by atoms with Gasteiger partial charge < -0.3 is 14.4 Å². The standard InChI is InChI=1S/C15H16N2O3S/c1-2-19-12-5-3-11(4-6-12)14(18)17-9-13(10-17)20-15-16-7-8-21-15/h3-8,13H,2,9-10H2,1H3. The zero-order valence-electron chi connectivity index (χ0n) is 11.7. The van der Waals surface area contributed by atoms with E-state index in [1.54, 1.807) is 23.2 Å². The molecule has 1 aliphatic heterocycles. The maximum atomic E-state index is 12.3. The number of rotatable bonds is 5. The number of ether oxygens (including phenoxy) is 2. The molecule has 0 unspecified atom stereocenters. The van der Waals surface area contributed by atoms with E-state index in [1.807, 2.05) is 24.4 Å². The summed E-state index contributed by atoms with van der Waals surface area (Å²) in [7, 11) is 0. The molecule has 1 aromatic heterocycles. The molecule has 0 saturated carbocycles. The Hall–Kier alpha value is -2.08. The van der Waals surface area contributed by atoms with E-state index in [1.165, 1.54) is 11.3 Å². The number of hydrogen-bond donors (Lipinski definition) is 0. The van der Waals surface area contributed by atoms with Gasteiger partial charge in [-0.25, -0.2) is 4.98 Å². The van der Waals surface area contributed by atoms with E-state index >= 15 is 0 Å². The fourth-order valence-corrected chi connectivity index (χ4v) is 2.68. The van der Waals surface area contributed by atoms with Gasteiger partial charge in [-0.2, -0.15) is 0 Å². The highest BCUT2D eigenvalue weighted by molar-refractivity contribution is 7.11. The van der Waals surface area contributed by atoms with Gasteiger partial charge in [-0.1, -0.05) is 11.3 Å². The van der Waals surface area contributed by atoms with E-state index in [2.05, 4.69) is 4.98 Å². The number of carbonyl (C=O) groups excluding carboxylic acids is 1. The maximum Gasteiger partial charge on any atom is 0.273 e. The number of hydrogen-bond acceptors (Lipinski definition) is 5. The number of amides is 1. The molecule has 3 rings (SSSR count). The lowest BCUT2D eigenvalue weighted by molar-refractivity contribution is 0.0177. The van der Waals surface area contributed by atoms with Crippen LogP contribution < -0.4 is 9.47 Å². The van der Waals surface area contributed by atoms with Gasteiger partial charge in [-0.3, -0.25) is 4.79 Å². The highest BCUT2D eigenvalue weighted by Gasteiger charge is 2.33. The Labute approximate surface area is 127 Å². The Morgan fingerprint density at radius 3 is 2.76 bits per heavy atom. The van der Waals surface area contributed by atoms with Crippen LogP contribution in [0.1, 0.15) is 17.3 Å². The molecule has 110 valence electrons. The van der Waals surface area contributed by atoms with Crippen LogP contribution in [0.5, 0.6) is 10.9 Å². The van der Waals surface area contributed by atoms with Crippen molar-refractivity contribution in [1.29, 1.82) is 0 Å². The van der Waals surface area contributed by atoms with E-state index in [0.29, 0.717) is 30.5 Å². The highest BCUT2D eigenvalue weighted by Crippen LogP contribution is 2.22. The van der Waals surface area contributed by atoms with E-state index in [4.69, 9.17) is 9.47 Å². The Morgan fingerprint density at radius 1 is 1.38 bits per heavy atom. The van der Waals surface area contributed by atoms with Crippen molar-refractivity contribution in [2.75, 3.05) is 19.7 Å². The number of thiazole rings is 1. The first-order chi connectivity index (χ1) is 10.3. The van der Waals surface area contributed by atoms with Gasteiger partial charge in [0.2, 0.25) is 0 Å². The van der Waals surface area contributed by atoms with Gasteiger partial charge in [0.05, 0.1) is 19.7 Å². The molecule has 1 aliphatic rings. The van der Waals surface area contributed by atoms with Crippen molar-refractivity contribution in [2.45, 2.75) is 13.0 Å². The van der Waals surface area contributed by atoms with Gasteiger partial charge in [-0.15, -0.1) is 0 Å². The second-order valence-electron chi connectivity index (χ2n) is 4.71. The monoisotopic (exact) mass is 304 g/mol. The first-order valence-electron chi connectivity index (χ1n) is 6.84. The summed E-state index contributed by atoms with van der Waals surface area (Å²) in [4.78, 5) is 18.1. The summed E-state index contributed by atoms with van der Waals surface area (Å²) < 4.78 is 11.0. The van der Waals surface area contributed by atoms with Crippen molar-refractivity contribution in [3.8, 4) is 10.9 Å². The molecule has 2 heterocycles. The fraction of sp³-hybridized carbons (Fsp3) is 0.333.